The SMILES string of the molecule is CC(C)c1nc2c(Cl)cc(C(F)(F)F)cn2c1COC(=O)C12CC3CC(CC(C3)C1)C2. The molecule has 0 atom stereocenters. The van der Waals surface area contributed by atoms with Crippen LogP contribution in [0.15, 0.2) is 12.3 Å². The minimum atomic E-state index is -4.53. The van der Waals surface area contributed by atoms with Gasteiger partial charge < -0.3 is 4.74 Å². The van der Waals surface area contributed by atoms with E-state index in [2.05, 4.69) is 4.98 Å². The van der Waals surface area contributed by atoms with Gasteiger partial charge in [-0.1, -0.05) is 25.4 Å². The highest BCUT2D eigenvalue weighted by Gasteiger charge is 2.55. The summed E-state index contributed by atoms with van der Waals surface area (Å²) in [6.07, 6.45) is 2.76. The number of nitrogens with zero attached hydrogens (tertiary/aromatic N) is 2. The van der Waals surface area contributed by atoms with E-state index in [1.165, 1.54) is 23.7 Å². The van der Waals surface area contributed by atoms with Crippen LogP contribution in [0.1, 0.15) is 75.2 Å². The van der Waals surface area contributed by atoms with Crippen molar-refractivity contribution in [3.63, 3.8) is 0 Å². The van der Waals surface area contributed by atoms with Crippen molar-refractivity contribution in [3.05, 3.63) is 34.2 Å². The minimum absolute atomic E-state index is 0.0569. The normalized spacial score (nSPS) is 29.8. The Labute approximate surface area is 184 Å². The van der Waals surface area contributed by atoms with Crippen molar-refractivity contribution in [2.24, 2.45) is 23.2 Å². The molecule has 0 amide bonds. The minimum Gasteiger partial charge on any atom is -0.459 e. The molecule has 4 saturated carbocycles. The van der Waals surface area contributed by atoms with E-state index < -0.39 is 17.2 Å². The van der Waals surface area contributed by atoms with Gasteiger partial charge in [-0.05, 0) is 68.3 Å². The molecule has 4 fully saturated rings. The van der Waals surface area contributed by atoms with Crippen LogP contribution in [0.3, 0.4) is 0 Å². The van der Waals surface area contributed by atoms with Crippen LogP contribution in [0.2, 0.25) is 5.02 Å². The maximum absolute atomic E-state index is 13.4. The van der Waals surface area contributed by atoms with E-state index in [9.17, 15) is 18.0 Å². The van der Waals surface area contributed by atoms with E-state index in [1.807, 2.05) is 13.8 Å². The van der Waals surface area contributed by atoms with Crippen LogP contribution in [-0.4, -0.2) is 15.4 Å². The number of carbonyl (C=O) groups is 1. The molecule has 0 spiro atoms. The van der Waals surface area contributed by atoms with Gasteiger partial charge >= 0.3 is 12.1 Å². The topological polar surface area (TPSA) is 43.6 Å². The number of carbonyl (C=O) groups excluding carboxylic acids is 1. The summed E-state index contributed by atoms with van der Waals surface area (Å²) in [7, 11) is 0. The van der Waals surface area contributed by atoms with Gasteiger partial charge in [-0.25, -0.2) is 4.98 Å². The molecular weight excluding hydrogens is 429 g/mol. The molecule has 2 aromatic rings. The first-order valence-corrected chi connectivity index (χ1v) is 11.4. The average molecular weight is 455 g/mol. The molecule has 0 aromatic carbocycles. The van der Waals surface area contributed by atoms with Crippen molar-refractivity contribution in [1.82, 2.24) is 9.38 Å². The van der Waals surface area contributed by atoms with E-state index in [0.717, 1.165) is 31.5 Å². The molecule has 0 N–H and O–H groups in total. The van der Waals surface area contributed by atoms with E-state index in [1.54, 1.807) is 0 Å². The molecule has 4 bridgehead atoms. The summed E-state index contributed by atoms with van der Waals surface area (Å²) in [5.74, 6) is 1.56. The monoisotopic (exact) mass is 454 g/mol. The van der Waals surface area contributed by atoms with Gasteiger partial charge in [0, 0.05) is 6.20 Å². The number of hydrogen-bond acceptors (Lipinski definition) is 3. The zero-order valence-corrected chi connectivity index (χ0v) is 18.4. The second-order valence-electron chi connectivity index (χ2n) is 10.1. The van der Waals surface area contributed by atoms with Gasteiger partial charge in [-0.2, -0.15) is 13.2 Å². The number of hydrogen-bond donors (Lipinski definition) is 0. The van der Waals surface area contributed by atoms with Crippen LogP contribution in [-0.2, 0) is 22.3 Å². The molecule has 31 heavy (non-hydrogen) atoms. The van der Waals surface area contributed by atoms with Crippen LogP contribution >= 0.6 is 11.6 Å². The zero-order valence-electron chi connectivity index (χ0n) is 17.6. The third-order valence-corrected chi connectivity index (χ3v) is 7.77. The lowest BCUT2D eigenvalue weighted by Gasteiger charge is -2.55. The molecule has 2 heterocycles. The predicted molar refractivity (Wildman–Crippen MR) is 110 cm³/mol. The third kappa shape index (κ3) is 3.53. The average Bonchev–Trinajstić information content (AvgIpc) is 3.04. The highest BCUT2D eigenvalue weighted by atomic mass is 35.5. The van der Waals surface area contributed by atoms with Crippen LogP contribution in [0, 0.1) is 23.2 Å². The fourth-order valence-corrected chi connectivity index (χ4v) is 6.83. The van der Waals surface area contributed by atoms with Crippen LogP contribution in [0.25, 0.3) is 5.65 Å². The number of pyridine rings is 1. The summed E-state index contributed by atoms with van der Waals surface area (Å²) >= 11 is 6.14. The molecule has 0 saturated heterocycles. The largest absolute Gasteiger partial charge is 0.459 e. The van der Waals surface area contributed by atoms with Gasteiger partial charge in [-0.15, -0.1) is 0 Å². The number of rotatable bonds is 4. The van der Waals surface area contributed by atoms with Crippen LogP contribution in [0.4, 0.5) is 13.2 Å². The maximum atomic E-state index is 13.4. The molecule has 4 aliphatic carbocycles. The highest BCUT2D eigenvalue weighted by Crippen LogP contribution is 2.60. The zero-order chi connectivity index (χ0) is 22.1. The smallest absolute Gasteiger partial charge is 0.417 e. The van der Waals surface area contributed by atoms with E-state index >= 15 is 0 Å². The van der Waals surface area contributed by atoms with E-state index in [0.29, 0.717) is 29.1 Å². The Morgan fingerprint density at radius 3 is 2.32 bits per heavy atom. The van der Waals surface area contributed by atoms with Crippen molar-refractivity contribution in [2.75, 3.05) is 0 Å². The fraction of sp³-hybridized carbons (Fsp3) is 0.652. The molecule has 168 valence electrons. The lowest BCUT2D eigenvalue weighted by molar-refractivity contribution is -0.173. The third-order valence-electron chi connectivity index (χ3n) is 7.49. The quantitative estimate of drug-likeness (QED) is 0.503. The number of alkyl halides is 3. The number of esters is 1. The lowest BCUT2D eigenvalue weighted by atomic mass is 9.49. The number of halogens is 4. The molecule has 0 radical (unpaired) electrons. The summed E-state index contributed by atoms with van der Waals surface area (Å²) in [6, 6.07) is 0.888. The van der Waals surface area contributed by atoms with Crippen molar-refractivity contribution in [3.8, 4) is 0 Å². The molecule has 8 heteroatoms. The Morgan fingerprint density at radius 2 is 1.81 bits per heavy atom. The Hall–Kier alpha value is -1.76. The number of ether oxygens (including phenoxy) is 1. The Bertz CT molecular complexity index is 1010. The summed E-state index contributed by atoms with van der Waals surface area (Å²) in [6.45, 7) is 3.71. The summed E-state index contributed by atoms with van der Waals surface area (Å²) in [5, 5.41) is -0.0737. The fourth-order valence-electron chi connectivity index (χ4n) is 6.58. The Balaban J connectivity index is 1.46. The maximum Gasteiger partial charge on any atom is 0.417 e. The molecule has 4 aliphatic rings. The molecule has 0 aliphatic heterocycles. The molecule has 6 rings (SSSR count). The van der Waals surface area contributed by atoms with E-state index in [-0.39, 0.29) is 29.2 Å². The first kappa shape index (κ1) is 21.1. The van der Waals surface area contributed by atoms with Gasteiger partial charge in [0.2, 0.25) is 0 Å². The van der Waals surface area contributed by atoms with Crippen LogP contribution < -0.4 is 0 Å². The second kappa shape index (κ2) is 7.12. The van der Waals surface area contributed by atoms with Crippen molar-refractivity contribution < 1.29 is 22.7 Å². The second-order valence-corrected chi connectivity index (χ2v) is 10.5. The van der Waals surface area contributed by atoms with Gasteiger partial charge in [0.15, 0.2) is 5.65 Å². The standard InChI is InChI=1S/C23H26ClF3N2O2/c1-12(2)19-18(29-10-16(23(25,26)27)6-17(24)20(29)28-19)11-31-21(30)22-7-13-3-14(8-22)5-15(4-13)9-22/h6,10,12-15H,3-5,7-9,11H2,1-2H3. The Morgan fingerprint density at radius 1 is 1.23 bits per heavy atom. The number of fused-ring (bicyclic) bond motifs is 1. The van der Waals surface area contributed by atoms with Crippen molar-refractivity contribution >= 4 is 23.2 Å². The molecule has 4 nitrogen and oxygen atoms in total. The summed E-state index contributed by atoms with van der Waals surface area (Å²) < 4.78 is 47.2. The van der Waals surface area contributed by atoms with E-state index in [4.69, 9.17) is 16.3 Å². The summed E-state index contributed by atoms with van der Waals surface area (Å²) in [5.41, 5.74) is 0.0309. The Kier molecular flexibility index (Phi) is 4.85. The molecular formula is C23H26ClF3N2O2. The predicted octanol–water partition coefficient (Wildman–Crippen LogP) is 6.39. The first-order valence-electron chi connectivity index (χ1n) is 11.0. The highest BCUT2D eigenvalue weighted by molar-refractivity contribution is 6.33. The van der Waals surface area contributed by atoms with Gasteiger partial charge in [-0.3, -0.25) is 9.20 Å². The summed E-state index contributed by atoms with van der Waals surface area (Å²) in [4.78, 5) is 17.7. The van der Waals surface area contributed by atoms with Gasteiger partial charge in [0.25, 0.3) is 0 Å². The number of aromatic nitrogens is 2. The van der Waals surface area contributed by atoms with Gasteiger partial charge in [0.1, 0.15) is 6.61 Å². The molecule has 2 aromatic heterocycles. The van der Waals surface area contributed by atoms with Crippen molar-refractivity contribution in [2.45, 2.75) is 71.1 Å². The first-order chi connectivity index (χ1) is 14.6. The van der Waals surface area contributed by atoms with Crippen LogP contribution in [0.5, 0.6) is 0 Å². The molecule has 0 unspecified atom stereocenters. The van der Waals surface area contributed by atoms with Gasteiger partial charge in [0.05, 0.1) is 27.4 Å². The lowest BCUT2D eigenvalue weighted by Crippen LogP contribution is -2.50. The van der Waals surface area contributed by atoms with Crippen molar-refractivity contribution in [1.29, 1.82) is 0 Å². The number of imidazole rings is 1.